The molecule has 1 aromatic rings. The van der Waals surface area contributed by atoms with Crippen molar-refractivity contribution in [3.8, 4) is 0 Å². The lowest BCUT2D eigenvalue weighted by molar-refractivity contribution is -0.144. The monoisotopic (exact) mass is 430 g/mol. The first kappa shape index (κ1) is 24.2. The third kappa shape index (κ3) is 6.54. The Hall–Kier alpha value is -1.41. The number of likely N-dealkylation sites (tertiary alicyclic amines) is 1. The van der Waals surface area contributed by atoms with Gasteiger partial charge in [-0.05, 0) is 81.3 Å². The van der Waals surface area contributed by atoms with Gasteiger partial charge in [0, 0.05) is 6.54 Å². The van der Waals surface area contributed by atoms with Crippen molar-refractivity contribution >= 4 is 13.1 Å². The molecule has 1 aliphatic carbocycles. The van der Waals surface area contributed by atoms with Gasteiger partial charge < -0.3 is 25.8 Å². The summed E-state index contributed by atoms with van der Waals surface area (Å²) in [5.41, 5.74) is 6.83. The smallest absolute Gasteiger partial charge is 0.451 e. The highest BCUT2D eigenvalue weighted by Gasteiger charge is 2.44. The lowest BCUT2D eigenvalue weighted by Crippen LogP contribution is -2.52. The van der Waals surface area contributed by atoms with Crippen LogP contribution in [0.5, 0.6) is 0 Å². The molecule has 1 aliphatic heterocycles. The Bertz CT molecular complexity index is 690. The quantitative estimate of drug-likeness (QED) is 0.300. The van der Waals surface area contributed by atoms with Crippen LogP contribution in [-0.2, 0) is 11.2 Å². The highest BCUT2D eigenvalue weighted by molar-refractivity contribution is 6.40. The minimum absolute atomic E-state index is 0.256. The first-order valence-corrected chi connectivity index (χ1v) is 12.0. The van der Waals surface area contributed by atoms with Crippen LogP contribution in [-0.4, -0.2) is 58.3 Å². The SMILES string of the molecule is NC(CCCCB(O)O)(CCN1CCC(Cc2ccccc2)(C2CCC2)CC1)C(=O)O. The first-order chi connectivity index (χ1) is 14.8. The zero-order valence-corrected chi connectivity index (χ0v) is 18.7. The number of carboxylic acids is 1. The zero-order valence-electron chi connectivity index (χ0n) is 18.7. The van der Waals surface area contributed by atoms with E-state index in [9.17, 15) is 9.90 Å². The molecule has 31 heavy (non-hydrogen) atoms. The second-order valence-corrected chi connectivity index (χ2v) is 9.93. The van der Waals surface area contributed by atoms with Gasteiger partial charge in [0.25, 0.3) is 0 Å². The Morgan fingerprint density at radius 1 is 1.13 bits per heavy atom. The number of hydrogen-bond acceptors (Lipinski definition) is 5. The third-order valence-corrected chi connectivity index (χ3v) is 7.86. The average molecular weight is 430 g/mol. The van der Waals surface area contributed by atoms with Crippen LogP contribution >= 0.6 is 0 Å². The van der Waals surface area contributed by atoms with Crippen molar-refractivity contribution < 1.29 is 19.9 Å². The van der Waals surface area contributed by atoms with Gasteiger partial charge in [0.15, 0.2) is 0 Å². The van der Waals surface area contributed by atoms with Crippen molar-refractivity contribution in [1.82, 2.24) is 4.90 Å². The molecule has 6 nitrogen and oxygen atoms in total. The largest absolute Gasteiger partial charge is 0.480 e. The maximum atomic E-state index is 11.8. The predicted molar refractivity (Wildman–Crippen MR) is 124 cm³/mol. The molecule has 1 unspecified atom stereocenters. The number of carbonyl (C=O) groups is 1. The van der Waals surface area contributed by atoms with Crippen LogP contribution in [0.15, 0.2) is 30.3 Å². The number of carboxylic acid groups (broad SMARTS) is 1. The number of nitrogens with zero attached hydrogens (tertiary/aromatic N) is 1. The maximum absolute atomic E-state index is 11.8. The van der Waals surface area contributed by atoms with Crippen LogP contribution in [0.4, 0.5) is 0 Å². The van der Waals surface area contributed by atoms with Gasteiger partial charge in [-0.2, -0.15) is 0 Å². The summed E-state index contributed by atoms with van der Waals surface area (Å²) in [5.74, 6) is -0.133. The second-order valence-electron chi connectivity index (χ2n) is 9.93. The Balaban J connectivity index is 1.52. The van der Waals surface area contributed by atoms with Gasteiger partial charge in [0.2, 0.25) is 0 Å². The van der Waals surface area contributed by atoms with Crippen molar-refractivity contribution in [2.24, 2.45) is 17.1 Å². The summed E-state index contributed by atoms with van der Waals surface area (Å²) >= 11 is 0. The first-order valence-electron chi connectivity index (χ1n) is 12.0. The Morgan fingerprint density at radius 2 is 1.81 bits per heavy atom. The normalized spacial score (nSPS) is 21.3. The molecule has 2 fully saturated rings. The van der Waals surface area contributed by atoms with E-state index >= 15 is 0 Å². The third-order valence-electron chi connectivity index (χ3n) is 7.86. The molecule has 7 heteroatoms. The molecule has 0 amide bonds. The molecule has 2 aliphatic rings. The summed E-state index contributed by atoms with van der Waals surface area (Å²) in [4.78, 5) is 14.2. The topological polar surface area (TPSA) is 107 Å². The summed E-state index contributed by atoms with van der Waals surface area (Å²) in [5, 5.41) is 27.6. The fraction of sp³-hybridized carbons (Fsp3) is 0.708. The highest BCUT2D eigenvalue weighted by atomic mass is 16.4. The molecule has 1 heterocycles. The van der Waals surface area contributed by atoms with E-state index in [0.717, 1.165) is 25.4 Å². The summed E-state index contributed by atoms with van der Waals surface area (Å²) in [6, 6.07) is 10.8. The van der Waals surface area contributed by atoms with Gasteiger partial charge in [0.05, 0.1) is 0 Å². The number of unbranched alkanes of at least 4 members (excludes halogenated alkanes) is 1. The Labute approximate surface area is 187 Å². The molecule has 0 radical (unpaired) electrons. The van der Waals surface area contributed by atoms with Crippen LogP contribution in [0.1, 0.15) is 63.4 Å². The lowest BCUT2D eigenvalue weighted by atomic mass is 9.58. The maximum Gasteiger partial charge on any atom is 0.451 e. The number of rotatable bonds is 12. The molecule has 1 saturated carbocycles. The van der Waals surface area contributed by atoms with Crippen molar-refractivity contribution in [3.05, 3.63) is 35.9 Å². The number of nitrogens with two attached hydrogens (primary N) is 1. The standard InChI is InChI=1S/C24H39BN2O4/c26-24(22(28)29,11-4-5-15-25(30)31)14-18-27-16-12-23(13-17-27,21-9-6-10-21)19-20-7-2-1-3-8-20/h1-3,7-8,21,30-31H,4-6,9-19,26H2,(H,28,29). The van der Waals surface area contributed by atoms with Gasteiger partial charge in [-0.1, -0.05) is 49.6 Å². The molecule has 0 aromatic heterocycles. The molecular formula is C24H39BN2O4. The summed E-state index contributed by atoms with van der Waals surface area (Å²) in [6.07, 6.45) is 9.75. The summed E-state index contributed by atoms with van der Waals surface area (Å²) in [6.45, 7) is 2.73. The van der Waals surface area contributed by atoms with E-state index in [1.54, 1.807) is 0 Å². The van der Waals surface area contributed by atoms with Crippen LogP contribution in [0.3, 0.4) is 0 Å². The number of hydrogen-bond donors (Lipinski definition) is 4. The summed E-state index contributed by atoms with van der Waals surface area (Å²) < 4.78 is 0. The summed E-state index contributed by atoms with van der Waals surface area (Å²) in [7, 11) is -1.34. The fourth-order valence-corrected chi connectivity index (χ4v) is 5.44. The Morgan fingerprint density at radius 3 is 2.35 bits per heavy atom. The van der Waals surface area contributed by atoms with Gasteiger partial charge in [-0.3, -0.25) is 4.79 Å². The van der Waals surface area contributed by atoms with E-state index in [-0.39, 0.29) is 6.32 Å². The molecule has 0 spiro atoms. The van der Waals surface area contributed by atoms with E-state index < -0.39 is 18.6 Å². The van der Waals surface area contributed by atoms with E-state index in [1.165, 1.54) is 37.7 Å². The number of piperidine rings is 1. The van der Waals surface area contributed by atoms with Crippen molar-refractivity contribution in [1.29, 1.82) is 0 Å². The molecule has 1 aromatic carbocycles. The predicted octanol–water partition coefficient (Wildman–Crippen LogP) is 2.93. The minimum atomic E-state index is -1.34. The van der Waals surface area contributed by atoms with Crippen molar-refractivity contribution in [2.75, 3.05) is 19.6 Å². The zero-order chi connectivity index (χ0) is 22.3. The van der Waals surface area contributed by atoms with Gasteiger partial charge >= 0.3 is 13.1 Å². The molecule has 1 saturated heterocycles. The molecule has 172 valence electrons. The highest BCUT2D eigenvalue weighted by Crippen LogP contribution is 2.50. The minimum Gasteiger partial charge on any atom is -0.480 e. The Kier molecular flexibility index (Phi) is 8.56. The van der Waals surface area contributed by atoms with Crippen LogP contribution in [0, 0.1) is 11.3 Å². The van der Waals surface area contributed by atoms with Crippen LogP contribution in [0.2, 0.25) is 6.32 Å². The number of benzene rings is 1. The molecule has 1 atom stereocenters. The van der Waals surface area contributed by atoms with Gasteiger partial charge in [-0.25, -0.2) is 0 Å². The number of aliphatic carboxylic acids is 1. The van der Waals surface area contributed by atoms with Gasteiger partial charge in [-0.15, -0.1) is 0 Å². The van der Waals surface area contributed by atoms with Gasteiger partial charge in [0.1, 0.15) is 5.54 Å². The second kappa shape index (κ2) is 10.9. The fourth-order valence-electron chi connectivity index (χ4n) is 5.44. The average Bonchev–Trinajstić information content (AvgIpc) is 2.70. The van der Waals surface area contributed by atoms with E-state index in [0.29, 0.717) is 37.6 Å². The lowest BCUT2D eigenvalue weighted by Gasteiger charge is -2.50. The van der Waals surface area contributed by atoms with Crippen LogP contribution < -0.4 is 5.73 Å². The molecule has 3 rings (SSSR count). The molecule has 5 N–H and O–H groups in total. The van der Waals surface area contributed by atoms with E-state index in [4.69, 9.17) is 15.8 Å². The van der Waals surface area contributed by atoms with Crippen molar-refractivity contribution in [3.63, 3.8) is 0 Å². The molecular weight excluding hydrogens is 391 g/mol. The molecule has 0 bridgehead atoms. The van der Waals surface area contributed by atoms with Crippen LogP contribution in [0.25, 0.3) is 0 Å². The van der Waals surface area contributed by atoms with E-state index in [1.807, 2.05) is 0 Å². The van der Waals surface area contributed by atoms with E-state index in [2.05, 4.69) is 35.2 Å². The van der Waals surface area contributed by atoms with Crippen molar-refractivity contribution in [2.45, 2.75) is 76.1 Å².